The third kappa shape index (κ3) is 1.33. The van der Waals surface area contributed by atoms with E-state index in [0.29, 0.717) is 16.1 Å². The van der Waals surface area contributed by atoms with Gasteiger partial charge in [0.25, 0.3) is 0 Å². The lowest BCUT2D eigenvalue weighted by Gasteiger charge is -1.99. The number of aromatic amines is 1. The first-order valence-electron chi connectivity index (χ1n) is 3.93. The van der Waals surface area contributed by atoms with Gasteiger partial charge in [-0.2, -0.15) is 0 Å². The molecule has 0 saturated heterocycles. The van der Waals surface area contributed by atoms with Crippen molar-refractivity contribution in [2.24, 2.45) is 0 Å². The van der Waals surface area contributed by atoms with Crippen LogP contribution >= 0.6 is 11.6 Å². The van der Waals surface area contributed by atoms with Crippen LogP contribution in [0.3, 0.4) is 0 Å². The lowest BCUT2D eigenvalue weighted by atomic mass is 10.2. The Balaban J connectivity index is 2.64. The standard InChI is InChI=1S/C9H7ClN2O2/c1-14-9(13)5-2-6(10)8-7(3-5)11-4-12-8/h2-4H,1H3,(H,11,12). The third-order valence-electron chi connectivity index (χ3n) is 1.90. The number of esters is 1. The summed E-state index contributed by atoms with van der Waals surface area (Å²) in [6.45, 7) is 0. The number of halogens is 1. The molecule has 1 heterocycles. The van der Waals surface area contributed by atoms with Gasteiger partial charge in [0.1, 0.15) is 5.52 Å². The second kappa shape index (κ2) is 3.31. The number of rotatable bonds is 1. The molecule has 5 heteroatoms. The lowest BCUT2D eigenvalue weighted by molar-refractivity contribution is 0.0601. The van der Waals surface area contributed by atoms with Gasteiger partial charge in [-0.05, 0) is 12.1 Å². The Hall–Kier alpha value is -1.55. The van der Waals surface area contributed by atoms with Gasteiger partial charge in [-0.1, -0.05) is 11.6 Å². The Labute approximate surface area is 84.9 Å². The molecule has 0 atom stereocenters. The molecule has 1 N–H and O–H groups in total. The quantitative estimate of drug-likeness (QED) is 0.733. The van der Waals surface area contributed by atoms with E-state index in [1.54, 1.807) is 6.07 Å². The molecule has 0 radical (unpaired) electrons. The number of hydrogen-bond acceptors (Lipinski definition) is 3. The van der Waals surface area contributed by atoms with Gasteiger partial charge in [0, 0.05) is 0 Å². The minimum absolute atomic E-state index is 0.411. The van der Waals surface area contributed by atoms with E-state index in [-0.39, 0.29) is 0 Å². The second-order valence-electron chi connectivity index (χ2n) is 2.75. The summed E-state index contributed by atoms with van der Waals surface area (Å²) < 4.78 is 4.58. The number of nitrogens with one attached hydrogen (secondary N) is 1. The van der Waals surface area contributed by atoms with Gasteiger partial charge in [-0.25, -0.2) is 9.78 Å². The predicted molar refractivity (Wildman–Crippen MR) is 52.4 cm³/mol. The normalized spacial score (nSPS) is 10.4. The first-order valence-corrected chi connectivity index (χ1v) is 4.31. The number of imidazole rings is 1. The smallest absolute Gasteiger partial charge is 0.337 e. The van der Waals surface area contributed by atoms with Crippen LogP contribution < -0.4 is 0 Å². The Morgan fingerprint density at radius 1 is 1.57 bits per heavy atom. The monoisotopic (exact) mass is 210 g/mol. The molecular weight excluding hydrogens is 204 g/mol. The van der Waals surface area contributed by atoms with Gasteiger partial charge in [-0.3, -0.25) is 0 Å². The van der Waals surface area contributed by atoms with Crippen LogP contribution in [0.15, 0.2) is 18.5 Å². The van der Waals surface area contributed by atoms with E-state index in [1.165, 1.54) is 19.5 Å². The van der Waals surface area contributed by atoms with Crippen LogP contribution in [0, 0.1) is 0 Å². The second-order valence-corrected chi connectivity index (χ2v) is 3.16. The Kier molecular flexibility index (Phi) is 2.13. The summed E-state index contributed by atoms with van der Waals surface area (Å²) in [5.41, 5.74) is 1.78. The molecule has 0 saturated carbocycles. The SMILES string of the molecule is COC(=O)c1cc(Cl)c2nc[nH]c2c1. The highest BCUT2D eigenvalue weighted by molar-refractivity contribution is 6.35. The van der Waals surface area contributed by atoms with E-state index in [9.17, 15) is 4.79 Å². The molecule has 0 amide bonds. The largest absolute Gasteiger partial charge is 0.465 e. The van der Waals surface area contributed by atoms with E-state index in [4.69, 9.17) is 11.6 Å². The lowest BCUT2D eigenvalue weighted by Crippen LogP contribution is -2.00. The number of hydrogen-bond donors (Lipinski definition) is 1. The molecule has 0 aliphatic rings. The van der Waals surface area contributed by atoms with E-state index >= 15 is 0 Å². The fourth-order valence-electron chi connectivity index (χ4n) is 1.24. The van der Waals surface area contributed by atoms with Gasteiger partial charge < -0.3 is 9.72 Å². The van der Waals surface area contributed by atoms with E-state index in [0.717, 1.165) is 5.52 Å². The molecule has 0 aliphatic heterocycles. The number of benzene rings is 1. The summed E-state index contributed by atoms with van der Waals surface area (Å²) in [5, 5.41) is 0.434. The van der Waals surface area contributed by atoms with Gasteiger partial charge in [-0.15, -0.1) is 0 Å². The zero-order valence-corrected chi connectivity index (χ0v) is 8.13. The first-order chi connectivity index (χ1) is 6.72. The molecule has 2 aromatic rings. The minimum Gasteiger partial charge on any atom is -0.465 e. The summed E-state index contributed by atoms with van der Waals surface area (Å²) in [7, 11) is 1.33. The van der Waals surface area contributed by atoms with Crippen LogP contribution in [0.4, 0.5) is 0 Å². The molecule has 1 aromatic heterocycles. The van der Waals surface area contributed by atoms with Crippen molar-refractivity contribution < 1.29 is 9.53 Å². The molecule has 0 spiro atoms. The topological polar surface area (TPSA) is 55.0 Å². The number of fused-ring (bicyclic) bond motifs is 1. The van der Waals surface area contributed by atoms with Gasteiger partial charge in [0.2, 0.25) is 0 Å². The van der Waals surface area contributed by atoms with Crippen LogP contribution in [0.1, 0.15) is 10.4 Å². The van der Waals surface area contributed by atoms with Crippen molar-refractivity contribution in [3.8, 4) is 0 Å². The van der Waals surface area contributed by atoms with Crippen molar-refractivity contribution in [3.05, 3.63) is 29.0 Å². The van der Waals surface area contributed by atoms with Crippen LogP contribution in [0.2, 0.25) is 5.02 Å². The molecule has 0 fully saturated rings. The summed E-state index contributed by atoms with van der Waals surface area (Å²) in [5.74, 6) is -0.414. The van der Waals surface area contributed by atoms with Crippen molar-refractivity contribution in [1.82, 2.24) is 9.97 Å². The van der Waals surface area contributed by atoms with E-state index in [1.807, 2.05) is 0 Å². The maximum atomic E-state index is 11.2. The fourth-order valence-corrected chi connectivity index (χ4v) is 1.51. The molecule has 4 nitrogen and oxygen atoms in total. The summed E-state index contributed by atoms with van der Waals surface area (Å²) >= 11 is 5.91. The minimum atomic E-state index is -0.414. The Bertz CT molecular complexity index is 493. The molecule has 14 heavy (non-hydrogen) atoms. The molecule has 1 aromatic carbocycles. The van der Waals surface area contributed by atoms with E-state index < -0.39 is 5.97 Å². The fraction of sp³-hybridized carbons (Fsp3) is 0.111. The van der Waals surface area contributed by atoms with Gasteiger partial charge in [0.15, 0.2) is 0 Å². The molecule has 0 unspecified atom stereocenters. The maximum absolute atomic E-state index is 11.2. The molecule has 72 valence electrons. The van der Waals surface area contributed by atoms with Gasteiger partial charge in [0.05, 0.1) is 29.5 Å². The molecular formula is C9H7ClN2O2. The van der Waals surface area contributed by atoms with Crippen molar-refractivity contribution in [1.29, 1.82) is 0 Å². The third-order valence-corrected chi connectivity index (χ3v) is 2.19. The number of ether oxygens (including phenoxy) is 1. The Morgan fingerprint density at radius 2 is 2.36 bits per heavy atom. The number of nitrogens with zero attached hydrogens (tertiary/aromatic N) is 1. The number of carbonyl (C=O) groups is 1. The van der Waals surface area contributed by atoms with Crippen LogP contribution in [0.5, 0.6) is 0 Å². The molecule has 2 rings (SSSR count). The average Bonchev–Trinajstić information content (AvgIpc) is 2.64. The van der Waals surface area contributed by atoms with Crippen LogP contribution in [-0.2, 0) is 4.74 Å². The number of H-pyrrole nitrogens is 1. The highest BCUT2D eigenvalue weighted by atomic mass is 35.5. The van der Waals surface area contributed by atoms with Crippen molar-refractivity contribution >= 4 is 28.6 Å². The summed E-state index contributed by atoms with van der Waals surface area (Å²) in [6, 6.07) is 3.19. The number of methoxy groups -OCH3 is 1. The molecule has 0 aliphatic carbocycles. The van der Waals surface area contributed by atoms with Crippen LogP contribution in [0.25, 0.3) is 11.0 Å². The van der Waals surface area contributed by atoms with Crippen molar-refractivity contribution in [2.45, 2.75) is 0 Å². The highest BCUT2D eigenvalue weighted by Gasteiger charge is 2.10. The van der Waals surface area contributed by atoms with Crippen LogP contribution in [-0.4, -0.2) is 23.0 Å². The van der Waals surface area contributed by atoms with Gasteiger partial charge >= 0.3 is 5.97 Å². The van der Waals surface area contributed by atoms with Crippen molar-refractivity contribution in [3.63, 3.8) is 0 Å². The summed E-state index contributed by atoms with van der Waals surface area (Å²) in [4.78, 5) is 18.1. The predicted octanol–water partition coefficient (Wildman–Crippen LogP) is 2.00. The highest BCUT2D eigenvalue weighted by Crippen LogP contribution is 2.22. The van der Waals surface area contributed by atoms with E-state index in [2.05, 4.69) is 14.7 Å². The zero-order chi connectivity index (χ0) is 10.1. The van der Waals surface area contributed by atoms with Crippen molar-refractivity contribution in [2.75, 3.05) is 7.11 Å². The zero-order valence-electron chi connectivity index (χ0n) is 7.37. The Morgan fingerprint density at radius 3 is 3.07 bits per heavy atom. The summed E-state index contributed by atoms with van der Waals surface area (Å²) in [6.07, 6.45) is 1.53. The molecule has 0 bridgehead atoms. The first kappa shape index (κ1) is 9.02. The maximum Gasteiger partial charge on any atom is 0.337 e. The average molecular weight is 211 g/mol. The number of carbonyl (C=O) groups excluding carboxylic acids is 1. The number of aromatic nitrogens is 2.